The molecule has 1 rings (SSSR count). The van der Waals surface area contributed by atoms with E-state index < -0.39 is 6.10 Å². The Balaban J connectivity index is 2.66. The monoisotopic (exact) mass is 321 g/mol. The molecule has 0 aliphatic carbocycles. The van der Waals surface area contributed by atoms with Crippen LogP contribution in [0.5, 0.6) is 11.5 Å². The van der Waals surface area contributed by atoms with E-state index in [4.69, 9.17) is 20.6 Å². The van der Waals surface area contributed by atoms with E-state index in [1.807, 2.05) is 18.2 Å². The van der Waals surface area contributed by atoms with E-state index in [9.17, 15) is 5.11 Å². The number of rotatable bonds is 11. The number of terminal acetylenes is 1. The minimum Gasteiger partial charge on any atom is -0.493 e. The van der Waals surface area contributed by atoms with Crippen molar-refractivity contribution in [3.05, 3.63) is 23.8 Å². The Morgan fingerprint density at radius 2 is 2.00 bits per heavy atom. The van der Waals surface area contributed by atoms with Crippen LogP contribution >= 0.6 is 0 Å². The van der Waals surface area contributed by atoms with E-state index in [1.165, 1.54) is 0 Å². The van der Waals surface area contributed by atoms with Gasteiger partial charge in [-0.05, 0) is 30.7 Å². The molecule has 1 N–H and O–H groups in total. The predicted octanol–water partition coefficient (Wildman–Crippen LogP) is 1.93. The second-order valence-corrected chi connectivity index (χ2v) is 5.30. The van der Waals surface area contributed by atoms with Gasteiger partial charge in [-0.2, -0.15) is 0 Å². The highest BCUT2D eigenvalue weighted by atomic mass is 16.5. The van der Waals surface area contributed by atoms with Crippen LogP contribution in [0.1, 0.15) is 18.9 Å². The van der Waals surface area contributed by atoms with Gasteiger partial charge in [-0.25, -0.2) is 0 Å². The summed E-state index contributed by atoms with van der Waals surface area (Å²) in [5.74, 6) is 3.81. The first-order chi connectivity index (χ1) is 11.1. The molecule has 5 heteroatoms. The van der Waals surface area contributed by atoms with Crippen molar-refractivity contribution in [3.8, 4) is 23.8 Å². The van der Waals surface area contributed by atoms with Crippen LogP contribution in [0.25, 0.3) is 0 Å². The van der Waals surface area contributed by atoms with Crippen LogP contribution in [0.15, 0.2) is 18.2 Å². The van der Waals surface area contributed by atoms with Crippen molar-refractivity contribution in [1.29, 1.82) is 0 Å². The van der Waals surface area contributed by atoms with Crippen molar-refractivity contribution in [1.82, 2.24) is 4.90 Å². The number of ether oxygens (including phenoxy) is 3. The first-order valence-electron chi connectivity index (χ1n) is 7.77. The molecule has 0 aromatic heterocycles. The average Bonchev–Trinajstić information content (AvgIpc) is 2.55. The molecule has 0 radical (unpaired) electrons. The molecule has 0 spiro atoms. The van der Waals surface area contributed by atoms with Crippen molar-refractivity contribution in [2.75, 3.05) is 40.5 Å². The molecule has 0 heterocycles. The average molecular weight is 321 g/mol. The van der Waals surface area contributed by atoms with Crippen LogP contribution in [0.2, 0.25) is 0 Å². The van der Waals surface area contributed by atoms with Crippen molar-refractivity contribution >= 4 is 0 Å². The molecule has 5 nitrogen and oxygen atoms in total. The molecule has 0 aliphatic heterocycles. The fourth-order valence-electron chi connectivity index (χ4n) is 2.39. The number of nitrogens with zero attached hydrogens (tertiary/aromatic N) is 1. The second kappa shape index (κ2) is 10.9. The van der Waals surface area contributed by atoms with E-state index in [1.54, 1.807) is 14.2 Å². The van der Waals surface area contributed by atoms with Gasteiger partial charge in [0, 0.05) is 13.1 Å². The first-order valence-corrected chi connectivity index (χ1v) is 7.77. The molecule has 0 amide bonds. The summed E-state index contributed by atoms with van der Waals surface area (Å²) < 4.78 is 15.8. The van der Waals surface area contributed by atoms with Crippen LogP contribution in [-0.2, 0) is 11.3 Å². The van der Waals surface area contributed by atoms with E-state index in [0.717, 1.165) is 25.1 Å². The highest BCUT2D eigenvalue weighted by Gasteiger charge is 2.13. The lowest BCUT2D eigenvalue weighted by molar-refractivity contribution is 0.0261. The van der Waals surface area contributed by atoms with Crippen LogP contribution in [0.4, 0.5) is 0 Å². The fourth-order valence-corrected chi connectivity index (χ4v) is 2.39. The van der Waals surface area contributed by atoms with Gasteiger partial charge in [-0.15, -0.1) is 6.42 Å². The number of aliphatic hydroxyl groups excluding tert-OH is 1. The molecular weight excluding hydrogens is 294 g/mol. The largest absolute Gasteiger partial charge is 0.493 e. The Morgan fingerprint density at radius 1 is 1.26 bits per heavy atom. The smallest absolute Gasteiger partial charge is 0.161 e. The quantitative estimate of drug-likeness (QED) is 0.498. The molecule has 0 fully saturated rings. The molecule has 1 aromatic rings. The molecule has 0 saturated heterocycles. The zero-order chi connectivity index (χ0) is 17.1. The normalized spacial score (nSPS) is 12.0. The Morgan fingerprint density at radius 3 is 2.61 bits per heavy atom. The van der Waals surface area contributed by atoms with Gasteiger partial charge in [0.25, 0.3) is 0 Å². The fraction of sp³-hybridized carbons (Fsp3) is 0.556. The summed E-state index contributed by atoms with van der Waals surface area (Å²) in [6, 6.07) is 5.86. The third-order valence-electron chi connectivity index (χ3n) is 3.36. The Kier molecular flexibility index (Phi) is 9.15. The lowest BCUT2D eigenvalue weighted by Crippen LogP contribution is -2.35. The Hall–Kier alpha value is -1.74. The van der Waals surface area contributed by atoms with Gasteiger partial charge < -0.3 is 19.3 Å². The molecule has 0 aliphatic rings. The molecule has 23 heavy (non-hydrogen) atoms. The molecule has 1 aromatic carbocycles. The van der Waals surface area contributed by atoms with Crippen molar-refractivity contribution in [3.63, 3.8) is 0 Å². The molecule has 128 valence electrons. The van der Waals surface area contributed by atoms with Gasteiger partial charge in [-0.3, -0.25) is 4.90 Å². The van der Waals surface area contributed by atoms with Crippen molar-refractivity contribution < 1.29 is 19.3 Å². The zero-order valence-electron chi connectivity index (χ0n) is 14.2. The van der Waals surface area contributed by atoms with Gasteiger partial charge in [0.1, 0.15) is 6.61 Å². The summed E-state index contributed by atoms with van der Waals surface area (Å²) in [7, 11) is 3.24. The highest BCUT2D eigenvalue weighted by Crippen LogP contribution is 2.28. The van der Waals surface area contributed by atoms with Crippen LogP contribution < -0.4 is 9.47 Å². The molecule has 1 atom stereocenters. The van der Waals surface area contributed by atoms with E-state index >= 15 is 0 Å². The Labute approximate surface area is 139 Å². The number of hydrogen-bond acceptors (Lipinski definition) is 5. The molecule has 0 bridgehead atoms. The second-order valence-electron chi connectivity index (χ2n) is 5.30. The summed E-state index contributed by atoms with van der Waals surface area (Å²) in [4.78, 5) is 2.19. The van der Waals surface area contributed by atoms with Gasteiger partial charge in [-0.1, -0.05) is 18.9 Å². The predicted molar refractivity (Wildman–Crippen MR) is 90.8 cm³/mol. The van der Waals surface area contributed by atoms with Crippen molar-refractivity contribution in [2.24, 2.45) is 0 Å². The SMILES string of the molecule is C#CCOC[C@@H](O)CN(CCC)Cc1ccc(OC)c(OC)c1. The lowest BCUT2D eigenvalue weighted by atomic mass is 10.1. The van der Waals surface area contributed by atoms with Crippen molar-refractivity contribution in [2.45, 2.75) is 26.0 Å². The maximum atomic E-state index is 10.1. The zero-order valence-corrected chi connectivity index (χ0v) is 14.2. The van der Waals surface area contributed by atoms with E-state index in [0.29, 0.717) is 18.0 Å². The number of aliphatic hydroxyl groups is 1. The topological polar surface area (TPSA) is 51.2 Å². The van der Waals surface area contributed by atoms with Gasteiger partial charge in [0.15, 0.2) is 11.5 Å². The third kappa shape index (κ3) is 6.91. The molecular formula is C18H27NO4. The third-order valence-corrected chi connectivity index (χ3v) is 3.36. The minimum atomic E-state index is -0.560. The lowest BCUT2D eigenvalue weighted by Gasteiger charge is -2.25. The maximum absolute atomic E-state index is 10.1. The van der Waals surface area contributed by atoms with Gasteiger partial charge in [0.05, 0.1) is 26.9 Å². The number of methoxy groups -OCH3 is 2. The van der Waals surface area contributed by atoms with Gasteiger partial charge >= 0.3 is 0 Å². The van der Waals surface area contributed by atoms with Crippen LogP contribution in [0.3, 0.4) is 0 Å². The minimum absolute atomic E-state index is 0.223. The van der Waals surface area contributed by atoms with Crippen LogP contribution in [0, 0.1) is 12.3 Å². The molecule has 0 saturated carbocycles. The number of hydrogen-bond donors (Lipinski definition) is 1. The van der Waals surface area contributed by atoms with Gasteiger partial charge in [0.2, 0.25) is 0 Å². The first kappa shape index (κ1) is 19.3. The summed E-state index contributed by atoms with van der Waals surface area (Å²) in [6.07, 6.45) is 5.57. The standard InChI is InChI=1S/C18H27NO4/c1-5-9-19(13-16(20)14-23-10-6-2)12-15-7-8-17(21-3)18(11-15)22-4/h2,7-8,11,16,20H,5,9-10,12-14H2,1,3-4H3/t16-/m0/s1. The van der Waals surface area contributed by atoms with Crippen LogP contribution in [-0.4, -0.2) is 56.6 Å². The van der Waals surface area contributed by atoms with E-state index in [2.05, 4.69) is 17.7 Å². The molecule has 0 unspecified atom stereocenters. The summed E-state index contributed by atoms with van der Waals surface area (Å²) in [5, 5.41) is 10.1. The summed E-state index contributed by atoms with van der Waals surface area (Å²) >= 11 is 0. The maximum Gasteiger partial charge on any atom is 0.161 e. The van der Waals surface area contributed by atoms with E-state index in [-0.39, 0.29) is 13.2 Å². The number of benzene rings is 1. The Bertz CT molecular complexity index is 498. The highest BCUT2D eigenvalue weighted by molar-refractivity contribution is 5.42. The summed E-state index contributed by atoms with van der Waals surface area (Å²) in [6.45, 7) is 4.73. The summed E-state index contributed by atoms with van der Waals surface area (Å²) in [5.41, 5.74) is 1.10.